The summed E-state index contributed by atoms with van der Waals surface area (Å²) in [5.74, 6) is -17.2. The number of hydrogen-bond donors (Lipinski definition) is 4. The van der Waals surface area contributed by atoms with Crippen LogP contribution in [0, 0.1) is 29.1 Å². The Morgan fingerprint density at radius 3 is 2.05 bits per heavy atom. The normalized spacial score (nSPS) is 13.7. The topological polar surface area (TPSA) is 116 Å². The summed E-state index contributed by atoms with van der Waals surface area (Å²) >= 11 is 0. The standard InChI is InChI=1S/C27H14F5NO6/c28-19-18(20(29)22(31)23(32)21(19)30)26(36)33-24-15(35)8-7-14-17(11-3-1-2-4-12(11)27(37)38)13-6-5-10(34)9-16(13)39-25(14)24/h1-9,17,34-35H,(H,33,36)(H,37,38). The van der Waals surface area contributed by atoms with Gasteiger partial charge in [0.25, 0.3) is 5.91 Å². The first-order valence-electron chi connectivity index (χ1n) is 11.0. The molecule has 1 aliphatic heterocycles. The number of halogens is 5. The van der Waals surface area contributed by atoms with Crippen molar-refractivity contribution in [2.75, 3.05) is 5.32 Å². The van der Waals surface area contributed by atoms with Crippen LogP contribution in [-0.2, 0) is 0 Å². The van der Waals surface area contributed by atoms with Gasteiger partial charge in [-0.1, -0.05) is 30.3 Å². The fourth-order valence-electron chi connectivity index (χ4n) is 4.43. The molecule has 0 aromatic heterocycles. The summed E-state index contributed by atoms with van der Waals surface area (Å²) in [6, 6.07) is 12.3. The van der Waals surface area contributed by atoms with Gasteiger partial charge in [0, 0.05) is 23.1 Å². The van der Waals surface area contributed by atoms with Crippen molar-refractivity contribution in [1.29, 1.82) is 0 Å². The minimum Gasteiger partial charge on any atom is -0.508 e. The van der Waals surface area contributed by atoms with Crippen molar-refractivity contribution >= 4 is 17.6 Å². The number of ether oxygens (including phenoxy) is 1. The molecule has 0 fully saturated rings. The van der Waals surface area contributed by atoms with Crippen LogP contribution in [0.2, 0.25) is 0 Å². The van der Waals surface area contributed by atoms with E-state index < -0.39 is 63.9 Å². The van der Waals surface area contributed by atoms with E-state index in [1.165, 1.54) is 42.5 Å². The van der Waals surface area contributed by atoms with Gasteiger partial charge in [0.05, 0.1) is 5.56 Å². The Bertz CT molecular complexity index is 1680. The lowest BCUT2D eigenvalue weighted by Gasteiger charge is -2.31. The predicted molar refractivity (Wildman–Crippen MR) is 125 cm³/mol. The molecule has 39 heavy (non-hydrogen) atoms. The van der Waals surface area contributed by atoms with Gasteiger partial charge in [-0.2, -0.15) is 0 Å². The molecular formula is C27H14F5NO6. The Labute approximate surface area is 215 Å². The number of rotatable bonds is 4. The maximum atomic E-state index is 14.3. The summed E-state index contributed by atoms with van der Waals surface area (Å²) < 4.78 is 75.3. The average molecular weight is 543 g/mol. The van der Waals surface area contributed by atoms with Gasteiger partial charge in [-0.3, -0.25) is 4.79 Å². The molecule has 1 amide bonds. The van der Waals surface area contributed by atoms with E-state index in [1.54, 1.807) is 6.07 Å². The SMILES string of the molecule is O=C(O)c1ccccc1C1c2ccc(O)cc2Oc2c1ccc(O)c2NC(=O)c1c(F)c(F)c(F)c(F)c1F. The molecular weight excluding hydrogens is 529 g/mol. The van der Waals surface area contributed by atoms with E-state index in [9.17, 15) is 46.9 Å². The largest absolute Gasteiger partial charge is 0.508 e. The average Bonchev–Trinajstić information content (AvgIpc) is 2.91. The quantitative estimate of drug-likeness (QED) is 0.0953. The number of hydrogen-bond acceptors (Lipinski definition) is 5. The predicted octanol–water partition coefficient (Wildman–Crippen LogP) is 6.03. The fraction of sp³-hybridized carbons (Fsp3) is 0.0370. The number of nitrogens with one attached hydrogen (secondary N) is 1. The maximum absolute atomic E-state index is 14.3. The second kappa shape index (κ2) is 9.31. The van der Waals surface area contributed by atoms with E-state index in [4.69, 9.17) is 4.74 Å². The van der Waals surface area contributed by atoms with Crippen LogP contribution in [0.1, 0.15) is 43.3 Å². The number of phenolic OH excluding ortho intramolecular Hbond substituents is 2. The highest BCUT2D eigenvalue weighted by Gasteiger charge is 2.36. The van der Waals surface area contributed by atoms with Crippen LogP contribution < -0.4 is 10.1 Å². The number of aromatic hydroxyl groups is 2. The summed E-state index contributed by atoms with van der Waals surface area (Å²) in [6.07, 6.45) is 0. The number of aromatic carboxylic acids is 1. The van der Waals surface area contributed by atoms with Crippen molar-refractivity contribution in [1.82, 2.24) is 0 Å². The fourth-order valence-corrected chi connectivity index (χ4v) is 4.43. The summed E-state index contributed by atoms with van der Waals surface area (Å²) in [6.45, 7) is 0. The Hall–Kier alpha value is -5.13. The zero-order valence-electron chi connectivity index (χ0n) is 19.2. The number of carboxylic acids is 1. The number of phenols is 2. The Balaban J connectivity index is 1.71. The molecule has 4 aromatic carbocycles. The number of fused-ring (bicyclic) bond motifs is 2. The van der Waals surface area contributed by atoms with Crippen LogP contribution in [0.25, 0.3) is 0 Å². The smallest absolute Gasteiger partial charge is 0.335 e. The number of benzene rings is 4. The molecule has 0 bridgehead atoms. The number of carbonyl (C=O) groups excluding carboxylic acids is 1. The molecule has 12 heteroatoms. The molecule has 0 saturated carbocycles. The molecule has 4 aromatic rings. The van der Waals surface area contributed by atoms with Crippen LogP contribution in [0.15, 0.2) is 54.6 Å². The number of amides is 1. The molecule has 0 aliphatic carbocycles. The zero-order valence-corrected chi connectivity index (χ0v) is 19.2. The molecule has 0 saturated heterocycles. The number of anilines is 1. The van der Waals surface area contributed by atoms with Crippen molar-refractivity contribution in [3.63, 3.8) is 0 Å². The van der Waals surface area contributed by atoms with E-state index in [0.717, 1.165) is 6.07 Å². The monoisotopic (exact) mass is 543 g/mol. The van der Waals surface area contributed by atoms with Crippen molar-refractivity contribution in [3.05, 3.63) is 112 Å². The van der Waals surface area contributed by atoms with Crippen molar-refractivity contribution in [3.8, 4) is 23.0 Å². The third kappa shape index (κ3) is 4.06. The molecule has 4 N–H and O–H groups in total. The van der Waals surface area contributed by atoms with Crippen molar-refractivity contribution < 1.29 is 51.6 Å². The van der Waals surface area contributed by atoms with Gasteiger partial charge in [0.1, 0.15) is 28.5 Å². The van der Waals surface area contributed by atoms with Gasteiger partial charge in [0.15, 0.2) is 29.0 Å². The first-order chi connectivity index (χ1) is 18.5. The maximum Gasteiger partial charge on any atom is 0.335 e. The molecule has 5 rings (SSSR count). The van der Waals surface area contributed by atoms with Gasteiger partial charge in [-0.15, -0.1) is 0 Å². The van der Waals surface area contributed by atoms with Gasteiger partial charge in [0.2, 0.25) is 5.82 Å². The van der Waals surface area contributed by atoms with Gasteiger partial charge >= 0.3 is 5.97 Å². The lowest BCUT2D eigenvalue weighted by molar-refractivity contribution is 0.0695. The molecule has 1 aliphatic rings. The summed E-state index contributed by atoms with van der Waals surface area (Å²) in [5.41, 5.74) is -1.69. The van der Waals surface area contributed by atoms with Crippen LogP contribution in [0.3, 0.4) is 0 Å². The minimum absolute atomic E-state index is 0.0231. The highest BCUT2D eigenvalue weighted by molar-refractivity contribution is 6.06. The van der Waals surface area contributed by atoms with E-state index in [1.807, 2.05) is 5.32 Å². The number of carbonyl (C=O) groups is 2. The molecule has 0 spiro atoms. The van der Waals surface area contributed by atoms with Crippen LogP contribution in [-0.4, -0.2) is 27.2 Å². The molecule has 1 heterocycles. The zero-order chi connectivity index (χ0) is 28.2. The lowest BCUT2D eigenvalue weighted by atomic mass is 9.80. The highest BCUT2D eigenvalue weighted by atomic mass is 19.2. The third-order valence-corrected chi connectivity index (χ3v) is 6.17. The van der Waals surface area contributed by atoms with Crippen molar-refractivity contribution in [2.24, 2.45) is 0 Å². The highest BCUT2D eigenvalue weighted by Crippen LogP contribution is 2.53. The van der Waals surface area contributed by atoms with Crippen LogP contribution >= 0.6 is 0 Å². The number of carboxylic acid groups (broad SMARTS) is 1. The molecule has 1 unspecified atom stereocenters. The van der Waals surface area contributed by atoms with E-state index in [0.29, 0.717) is 5.56 Å². The second-order valence-electron chi connectivity index (χ2n) is 8.43. The summed E-state index contributed by atoms with van der Waals surface area (Å²) in [5, 5.41) is 32.2. The molecule has 7 nitrogen and oxygen atoms in total. The van der Waals surface area contributed by atoms with Crippen LogP contribution in [0.5, 0.6) is 23.0 Å². The molecule has 0 radical (unpaired) electrons. The summed E-state index contributed by atoms with van der Waals surface area (Å²) in [4.78, 5) is 24.8. The van der Waals surface area contributed by atoms with Crippen molar-refractivity contribution in [2.45, 2.75) is 5.92 Å². The van der Waals surface area contributed by atoms with E-state index in [-0.39, 0.29) is 33.9 Å². The van der Waals surface area contributed by atoms with Gasteiger partial charge in [-0.25, -0.2) is 26.7 Å². The lowest BCUT2D eigenvalue weighted by Crippen LogP contribution is -2.21. The Morgan fingerprint density at radius 2 is 1.38 bits per heavy atom. The first-order valence-corrected chi connectivity index (χ1v) is 11.0. The van der Waals surface area contributed by atoms with E-state index in [2.05, 4.69) is 0 Å². The van der Waals surface area contributed by atoms with E-state index >= 15 is 0 Å². The minimum atomic E-state index is -2.46. The molecule has 1 atom stereocenters. The second-order valence-corrected chi connectivity index (χ2v) is 8.43. The first kappa shape index (κ1) is 25.5. The van der Waals surface area contributed by atoms with Crippen LogP contribution in [0.4, 0.5) is 27.6 Å². The Morgan fingerprint density at radius 1 is 0.769 bits per heavy atom. The van der Waals surface area contributed by atoms with Gasteiger partial charge in [-0.05, 0) is 23.8 Å². The summed E-state index contributed by atoms with van der Waals surface area (Å²) in [7, 11) is 0. The third-order valence-electron chi connectivity index (χ3n) is 6.17. The molecule has 198 valence electrons. The Kier molecular flexibility index (Phi) is 6.09. The van der Waals surface area contributed by atoms with Gasteiger partial charge < -0.3 is 25.4 Å².